The molecule has 1 aliphatic heterocycles. The lowest BCUT2D eigenvalue weighted by atomic mass is 9.93. The Morgan fingerprint density at radius 1 is 1.56 bits per heavy atom. The summed E-state index contributed by atoms with van der Waals surface area (Å²) < 4.78 is 1.09. The summed E-state index contributed by atoms with van der Waals surface area (Å²) in [5.74, 6) is -1.41. The number of amides is 1. The number of rotatable bonds is 1. The second-order valence-corrected chi connectivity index (χ2v) is 3.98. The van der Waals surface area contributed by atoms with Crippen LogP contribution in [0.25, 0.3) is 0 Å². The van der Waals surface area contributed by atoms with Crippen molar-refractivity contribution in [2.24, 2.45) is 11.8 Å². The number of nitrogens with zero attached hydrogens (tertiary/aromatic N) is 3. The van der Waals surface area contributed by atoms with E-state index in [1.807, 2.05) is 6.07 Å². The average molecular weight is 218 g/mol. The molecule has 0 spiro atoms. The molecule has 0 saturated heterocycles. The molecule has 0 aromatic carbocycles. The zero-order valence-corrected chi connectivity index (χ0v) is 8.89. The van der Waals surface area contributed by atoms with Crippen LogP contribution in [-0.2, 0) is 4.79 Å². The van der Waals surface area contributed by atoms with Crippen LogP contribution in [-0.4, -0.2) is 21.6 Å². The van der Waals surface area contributed by atoms with Crippen LogP contribution in [0.1, 0.15) is 24.2 Å². The molecule has 0 bridgehead atoms. The predicted molar refractivity (Wildman–Crippen MR) is 54.5 cm³/mol. The highest BCUT2D eigenvalue weighted by Crippen LogP contribution is 2.25. The Bertz CT molecular complexity index is 509. The molecule has 16 heavy (non-hydrogen) atoms. The van der Waals surface area contributed by atoms with Crippen molar-refractivity contribution < 1.29 is 9.59 Å². The summed E-state index contributed by atoms with van der Waals surface area (Å²) in [5.41, 5.74) is 0.198. The molecule has 1 aromatic rings. The van der Waals surface area contributed by atoms with Crippen LogP contribution in [0.4, 0.5) is 5.82 Å². The Kier molecular flexibility index (Phi) is 2.23. The van der Waals surface area contributed by atoms with Crippen LogP contribution >= 0.6 is 0 Å². The van der Waals surface area contributed by atoms with Gasteiger partial charge in [0, 0.05) is 0 Å². The highest BCUT2D eigenvalue weighted by Gasteiger charge is 2.38. The number of anilines is 1. The predicted octanol–water partition coefficient (Wildman–Crippen LogP) is 0.619. The van der Waals surface area contributed by atoms with E-state index in [9.17, 15) is 9.59 Å². The number of aromatic nitrogens is 2. The highest BCUT2D eigenvalue weighted by atomic mass is 16.2. The number of carbonyl (C=O) groups is 2. The Hall–Kier alpha value is -2.16. The normalized spacial score (nSPS) is 19.2. The van der Waals surface area contributed by atoms with Gasteiger partial charge < -0.3 is 5.32 Å². The summed E-state index contributed by atoms with van der Waals surface area (Å²) in [4.78, 5) is 23.6. The van der Waals surface area contributed by atoms with Crippen LogP contribution in [0.5, 0.6) is 0 Å². The molecule has 6 heteroatoms. The lowest BCUT2D eigenvalue weighted by Crippen LogP contribution is -2.42. The first-order valence-electron chi connectivity index (χ1n) is 4.89. The van der Waals surface area contributed by atoms with Gasteiger partial charge in [-0.05, 0) is 5.92 Å². The summed E-state index contributed by atoms with van der Waals surface area (Å²) >= 11 is 0. The Morgan fingerprint density at radius 2 is 2.25 bits per heavy atom. The zero-order chi connectivity index (χ0) is 11.9. The minimum absolute atomic E-state index is 0.101. The SMILES string of the molecule is CC(C)C1C(=O)Nc2c(C#N)cnn2C1=O. The van der Waals surface area contributed by atoms with Crippen molar-refractivity contribution in [2.45, 2.75) is 13.8 Å². The van der Waals surface area contributed by atoms with Gasteiger partial charge in [-0.15, -0.1) is 0 Å². The quantitative estimate of drug-likeness (QED) is 0.700. The molecule has 0 radical (unpaired) electrons. The molecular weight excluding hydrogens is 208 g/mol. The van der Waals surface area contributed by atoms with E-state index in [-0.39, 0.29) is 29.1 Å². The Morgan fingerprint density at radius 3 is 2.81 bits per heavy atom. The Balaban J connectivity index is 2.52. The molecule has 1 N–H and O–H groups in total. The summed E-state index contributed by atoms with van der Waals surface area (Å²) in [5, 5.41) is 15.1. The first-order valence-corrected chi connectivity index (χ1v) is 4.89. The summed E-state index contributed by atoms with van der Waals surface area (Å²) in [6, 6.07) is 1.87. The van der Waals surface area contributed by atoms with Crippen LogP contribution in [0.2, 0.25) is 0 Å². The maximum atomic E-state index is 11.9. The van der Waals surface area contributed by atoms with Crippen molar-refractivity contribution in [3.05, 3.63) is 11.8 Å². The molecule has 0 saturated carbocycles. The molecular formula is C10H10N4O2. The van der Waals surface area contributed by atoms with Crippen molar-refractivity contribution >= 4 is 17.6 Å². The van der Waals surface area contributed by atoms with E-state index in [1.165, 1.54) is 6.20 Å². The van der Waals surface area contributed by atoms with E-state index in [4.69, 9.17) is 5.26 Å². The molecule has 0 fully saturated rings. The number of fused-ring (bicyclic) bond motifs is 1. The summed E-state index contributed by atoms with van der Waals surface area (Å²) in [6.07, 6.45) is 1.27. The molecule has 6 nitrogen and oxygen atoms in total. The van der Waals surface area contributed by atoms with Gasteiger partial charge in [0.25, 0.3) is 5.91 Å². The van der Waals surface area contributed by atoms with Gasteiger partial charge in [0.05, 0.1) is 6.20 Å². The molecule has 82 valence electrons. The van der Waals surface area contributed by atoms with Crippen LogP contribution < -0.4 is 5.32 Å². The lowest BCUT2D eigenvalue weighted by molar-refractivity contribution is -0.120. The van der Waals surface area contributed by atoms with Gasteiger partial charge in [0.2, 0.25) is 5.91 Å². The van der Waals surface area contributed by atoms with E-state index in [0.29, 0.717) is 0 Å². The molecule has 1 unspecified atom stereocenters. The van der Waals surface area contributed by atoms with Crippen molar-refractivity contribution in [2.75, 3.05) is 5.32 Å². The van der Waals surface area contributed by atoms with Crippen LogP contribution in [0, 0.1) is 23.2 Å². The van der Waals surface area contributed by atoms with E-state index < -0.39 is 5.92 Å². The number of nitrogens with one attached hydrogen (secondary N) is 1. The van der Waals surface area contributed by atoms with Crippen molar-refractivity contribution in [3.8, 4) is 6.07 Å². The number of nitriles is 1. The number of hydrogen-bond donors (Lipinski definition) is 1. The second kappa shape index (κ2) is 3.45. The van der Waals surface area contributed by atoms with Gasteiger partial charge in [-0.25, -0.2) is 0 Å². The average Bonchev–Trinajstić information content (AvgIpc) is 2.60. The molecule has 0 aliphatic carbocycles. The van der Waals surface area contributed by atoms with Crippen molar-refractivity contribution in [1.82, 2.24) is 9.78 Å². The lowest BCUT2D eigenvalue weighted by Gasteiger charge is -2.24. The molecule has 1 atom stereocenters. The van der Waals surface area contributed by atoms with Gasteiger partial charge in [0.1, 0.15) is 17.6 Å². The van der Waals surface area contributed by atoms with E-state index in [1.54, 1.807) is 13.8 Å². The first kappa shape index (κ1) is 10.4. The fourth-order valence-electron chi connectivity index (χ4n) is 1.74. The maximum absolute atomic E-state index is 11.9. The van der Waals surface area contributed by atoms with Crippen molar-refractivity contribution in [1.29, 1.82) is 5.26 Å². The maximum Gasteiger partial charge on any atom is 0.261 e. The third-order valence-corrected chi connectivity index (χ3v) is 2.56. The van der Waals surface area contributed by atoms with Crippen LogP contribution in [0.3, 0.4) is 0 Å². The first-order chi connectivity index (χ1) is 7.56. The topological polar surface area (TPSA) is 87.8 Å². The molecule has 1 aromatic heterocycles. The molecule has 1 amide bonds. The van der Waals surface area contributed by atoms with Gasteiger partial charge >= 0.3 is 0 Å². The fraction of sp³-hybridized carbons (Fsp3) is 0.400. The molecule has 2 heterocycles. The third-order valence-electron chi connectivity index (χ3n) is 2.56. The number of hydrogen-bond acceptors (Lipinski definition) is 4. The largest absolute Gasteiger partial charge is 0.309 e. The van der Waals surface area contributed by atoms with Crippen LogP contribution in [0.15, 0.2) is 6.20 Å². The smallest absolute Gasteiger partial charge is 0.261 e. The minimum atomic E-state index is -0.737. The fourth-order valence-corrected chi connectivity index (χ4v) is 1.74. The van der Waals surface area contributed by atoms with Gasteiger partial charge in [-0.1, -0.05) is 13.8 Å². The van der Waals surface area contributed by atoms with Crippen molar-refractivity contribution in [3.63, 3.8) is 0 Å². The van der Waals surface area contributed by atoms with E-state index in [0.717, 1.165) is 4.68 Å². The van der Waals surface area contributed by atoms with Gasteiger partial charge in [0.15, 0.2) is 5.82 Å². The second-order valence-electron chi connectivity index (χ2n) is 3.98. The molecule has 1 aliphatic rings. The summed E-state index contributed by atoms with van der Waals surface area (Å²) in [7, 11) is 0. The van der Waals surface area contributed by atoms with Gasteiger partial charge in [-0.2, -0.15) is 15.0 Å². The third kappa shape index (κ3) is 1.29. The monoisotopic (exact) mass is 218 g/mol. The number of carbonyl (C=O) groups excluding carboxylic acids is 2. The summed E-state index contributed by atoms with van der Waals surface area (Å²) in [6.45, 7) is 3.59. The van der Waals surface area contributed by atoms with E-state index in [2.05, 4.69) is 10.4 Å². The van der Waals surface area contributed by atoms with Gasteiger partial charge in [-0.3, -0.25) is 9.59 Å². The minimum Gasteiger partial charge on any atom is -0.309 e. The Labute approximate surface area is 91.9 Å². The zero-order valence-electron chi connectivity index (χ0n) is 8.89. The van der Waals surface area contributed by atoms with E-state index >= 15 is 0 Å². The standard InChI is InChI=1S/C10H10N4O2/c1-5(2)7-9(15)13-8-6(3-11)4-12-14(8)10(7)16/h4-5,7H,1-2H3,(H,13,15). The molecule has 2 rings (SSSR count). The highest BCUT2D eigenvalue weighted by molar-refractivity contribution is 6.12.